The van der Waals surface area contributed by atoms with Gasteiger partial charge in [-0.1, -0.05) is 35.6 Å². The molecule has 1 aromatic heterocycles. The third kappa shape index (κ3) is 4.21. The Kier molecular flexibility index (Phi) is 5.88. The quantitative estimate of drug-likeness (QED) is 0.327. The van der Waals surface area contributed by atoms with Gasteiger partial charge in [0.2, 0.25) is 5.91 Å². The second-order valence-corrected chi connectivity index (χ2v) is 10.1. The minimum Gasteiger partial charge on any atom is -0.497 e. The molecule has 0 saturated carbocycles. The minimum atomic E-state index is -0.350. The molecule has 1 aliphatic carbocycles. The van der Waals surface area contributed by atoms with Crippen LogP contribution < -0.4 is 26.2 Å². The smallest absolute Gasteiger partial charge is 0.257 e. The number of hydrogen-bond acceptors (Lipinski definition) is 7. The van der Waals surface area contributed by atoms with E-state index in [0.29, 0.717) is 16.4 Å². The van der Waals surface area contributed by atoms with Crippen molar-refractivity contribution in [2.45, 2.75) is 24.9 Å². The second kappa shape index (κ2) is 9.34. The van der Waals surface area contributed by atoms with Crippen LogP contribution in [0.4, 0.5) is 10.8 Å². The van der Waals surface area contributed by atoms with E-state index in [-0.39, 0.29) is 29.8 Å². The Bertz CT molecular complexity index is 1450. The van der Waals surface area contributed by atoms with Crippen LogP contribution in [-0.4, -0.2) is 29.9 Å². The molecule has 1 saturated heterocycles. The largest absolute Gasteiger partial charge is 0.497 e. The molecule has 9 heteroatoms. The highest BCUT2D eigenvalue weighted by Crippen LogP contribution is 2.40. The average Bonchev–Trinajstić information content (AvgIpc) is 3.52. The summed E-state index contributed by atoms with van der Waals surface area (Å²) in [6.45, 7) is 0. The van der Waals surface area contributed by atoms with Crippen LogP contribution in [0.5, 0.6) is 5.75 Å². The number of fused-ring (bicyclic) bond motifs is 4. The van der Waals surface area contributed by atoms with Gasteiger partial charge in [0.15, 0.2) is 5.13 Å². The highest BCUT2D eigenvalue weighted by Gasteiger charge is 2.43. The number of amides is 2. The molecule has 36 heavy (non-hydrogen) atoms. The maximum absolute atomic E-state index is 13.2. The van der Waals surface area contributed by atoms with Gasteiger partial charge in [-0.15, -0.1) is 0 Å². The number of anilines is 2. The molecule has 4 N–H and O–H groups in total. The summed E-state index contributed by atoms with van der Waals surface area (Å²) in [5, 5.41) is 6.41. The van der Waals surface area contributed by atoms with Crippen LogP contribution in [-0.2, 0) is 11.2 Å². The van der Waals surface area contributed by atoms with Gasteiger partial charge in [0.1, 0.15) is 11.8 Å². The first-order valence-electron chi connectivity index (χ1n) is 11.8. The van der Waals surface area contributed by atoms with Crippen molar-refractivity contribution in [3.8, 4) is 5.75 Å². The molecule has 3 unspecified atom stereocenters. The lowest BCUT2D eigenvalue weighted by molar-refractivity contribution is -0.118. The summed E-state index contributed by atoms with van der Waals surface area (Å²) in [5.41, 5.74) is 11.0. The molecule has 3 atom stereocenters. The molecule has 3 aromatic carbocycles. The van der Waals surface area contributed by atoms with Gasteiger partial charge in [0.25, 0.3) is 5.91 Å². The van der Waals surface area contributed by atoms with E-state index in [1.807, 2.05) is 42.5 Å². The van der Waals surface area contributed by atoms with E-state index in [0.717, 1.165) is 28.8 Å². The van der Waals surface area contributed by atoms with Crippen molar-refractivity contribution in [3.63, 3.8) is 0 Å². The van der Waals surface area contributed by atoms with E-state index in [4.69, 9.17) is 4.74 Å². The van der Waals surface area contributed by atoms with Gasteiger partial charge in [-0.05, 0) is 66.4 Å². The molecule has 182 valence electrons. The number of thiazole rings is 1. The van der Waals surface area contributed by atoms with Crippen LogP contribution in [0.3, 0.4) is 0 Å². The SMILES string of the molecule is COc1ccc2c(c1)CCC1C(C(=O)Nc3ccc4sc(NC(=O)c5ccccc5)nc4c3)NNC21. The molecule has 1 aliphatic heterocycles. The van der Waals surface area contributed by atoms with Crippen molar-refractivity contribution >= 4 is 44.2 Å². The summed E-state index contributed by atoms with van der Waals surface area (Å²) in [6.07, 6.45) is 1.81. The maximum atomic E-state index is 13.2. The van der Waals surface area contributed by atoms with Gasteiger partial charge in [0, 0.05) is 17.2 Å². The van der Waals surface area contributed by atoms with Crippen LogP contribution in [0.2, 0.25) is 0 Å². The normalized spacial score (nSPS) is 20.4. The number of nitrogens with zero attached hydrogens (tertiary/aromatic N) is 1. The number of hydrazine groups is 1. The Hall–Kier alpha value is -3.79. The molecule has 1 fully saturated rings. The lowest BCUT2D eigenvalue weighted by Gasteiger charge is -2.29. The average molecular weight is 500 g/mol. The zero-order valence-corrected chi connectivity index (χ0v) is 20.4. The Labute approximate surface area is 212 Å². The molecular formula is C27H25N5O3S. The highest BCUT2D eigenvalue weighted by atomic mass is 32.1. The first kappa shape index (κ1) is 22.7. The highest BCUT2D eigenvalue weighted by molar-refractivity contribution is 7.22. The Morgan fingerprint density at radius 1 is 1.03 bits per heavy atom. The van der Waals surface area contributed by atoms with Crippen LogP contribution >= 0.6 is 11.3 Å². The fraction of sp³-hybridized carbons (Fsp3) is 0.222. The van der Waals surface area contributed by atoms with E-state index in [1.54, 1.807) is 19.2 Å². The van der Waals surface area contributed by atoms with Gasteiger partial charge >= 0.3 is 0 Å². The number of ether oxygens (including phenoxy) is 1. The summed E-state index contributed by atoms with van der Waals surface area (Å²) >= 11 is 1.40. The molecule has 2 aliphatic rings. The van der Waals surface area contributed by atoms with Crippen LogP contribution in [0.1, 0.15) is 33.9 Å². The van der Waals surface area contributed by atoms with E-state index >= 15 is 0 Å². The molecule has 4 aromatic rings. The second-order valence-electron chi connectivity index (χ2n) is 9.02. The van der Waals surface area contributed by atoms with Crippen LogP contribution in [0.25, 0.3) is 10.2 Å². The van der Waals surface area contributed by atoms with Gasteiger partial charge in [-0.25, -0.2) is 15.8 Å². The summed E-state index contributed by atoms with van der Waals surface area (Å²) in [6, 6.07) is 20.5. The van der Waals surface area contributed by atoms with Crippen LogP contribution in [0.15, 0.2) is 66.7 Å². The van der Waals surface area contributed by atoms with Gasteiger partial charge in [-0.2, -0.15) is 0 Å². The molecule has 0 bridgehead atoms. The van der Waals surface area contributed by atoms with Gasteiger partial charge in [0.05, 0.1) is 23.4 Å². The van der Waals surface area contributed by atoms with Crippen molar-refractivity contribution in [3.05, 3.63) is 83.4 Å². The standard InChI is InChI=1S/C27H25N5O3S/c1-35-18-9-11-19-16(13-18)7-10-20-23(19)31-32-24(20)26(34)28-17-8-12-22-21(14-17)29-27(36-22)30-25(33)15-5-3-2-4-6-15/h2-6,8-9,11-14,20,23-24,31-32H,7,10H2,1H3,(H,28,34)(H,29,30,33). The predicted octanol–water partition coefficient (Wildman–Crippen LogP) is 4.28. The summed E-state index contributed by atoms with van der Waals surface area (Å²) in [4.78, 5) is 30.2. The lowest BCUT2D eigenvalue weighted by atomic mass is 9.77. The van der Waals surface area contributed by atoms with E-state index < -0.39 is 0 Å². The third-order valence-corrected chi connectivity index (χ3v) is 7.83. The number of nitrogens with one attached hydrogen (secondary N) is 4. The predicted molar refractivity (Wildman–Crippen MR) is 140 cm³/mol. The lowest BCUT2D eigenvalue weighted by Crippen LogP contribution is -2.42. The number of methoxy groups -OCH3 is 1. The number of carbonyl (C=O) groups excluding carboxylic acids is 2. The Morgan fingerprint density at radius 3 is 2.72 bits per heavy atom. The number of aryl methyl sites for hydroxylation is 1. The summed E-state index contributed by atoms with van der Waals surface area (Å²) < 4.78 is 6.29. The number of aromatic nitrogens is 1. The summed E-state index contributed by atoms with van der Waals surface area (Å²) in [5.74, 6) is 0.713. The molecule has 2 heterocycles. The van der Waals surface area contributed by atoms with E-state index in [1.165, 1.54) is 22.5 Å². The Morgan fingerprint density at radius 2 is 1.89 bits per heavy atom. The number of benzene rings is 3. The van der Waals surface area contributed by atoms with Crippen molar-refractivity contribution in [1.29, 1.82) is 0 Å². The summed E-state index contributed by atoms with van der Waals surface area (Å²) in [7, 11) is 1.67. The molecule has 2 amide bonds. The van der Waals surface area contributed by atoms with Crippen molar-refractivity contribution in [2.75, 3.05) is 17.7 Å². The van der Waals surface area contributed by atoms with Crippen molar-refractivity contribution in [1.82, 2.24) is 15.8 Å². The zero-order valence-electron chi connectivity index (χ0n) is 19.6. The number of rotatable bonds is 5. The van der Waals surface area contributed by atoms with Crippen molar-refractivity contribution in [2.24, 2.45) is 5.92 Å². The monoisotopic (exact) mass is 499 g/mol. The van der Waals surface area contributed by atoms with Gasteiger partial charge in [-0.3, -0.25) is 14.9 Å². The van der Waals surface area contributed by atoms with Crippen LogP contribution in [0, 0.1) is 5.92 Å². The number of carbonyl (C=O) groups is 2. The molecule has 8 nitrogen and oxygen atoms in total. The topological polar surface area (TPSA) is 104 Å². The first-order valence-corrected chi connectivity index (χ1v) is 12.7. The zero-order chi connectivity index (χ0) is 24.6. The van der Waals surface area contributed by atoms with E-state index in [2.05, 4.69) is 38.6 Å². The molecular weight excluding hydrogens is 474 g/mol. The fourth-order valence-corrected chi connectivity index (χ4v) is 5.92. The van der Waals surface area contributed by atoms with Crippen molar-refractivity contribution < 1.29 is 14.3 Å². The van der Waals surface area contributed by atoms with Gasteiger partial charge < -0.3 is 10.1 Å². The fourth-order valence-electron chi connectivity index (χ4n) is 5.08. The molecule has 0 radical (unpaired) electrons. The number of hydrogen-bond donors (Lipinski definition) is 4. The minimum absolute atomic E-state index is 0.0761. The molecule has 6 rings (SSSR count). The third-order valence-electron chi connectivity index (χ3n) is 6.88. The maximum Gasteiger partial charge on any atom is 0.257 e. The molecule has 0 spiro atoms. The van der Waals surface area contributed by atoms with E-state index in [9.17, 15) is 9.59 Å². The first-order chi connectivity index (χ1) is 17.6. The Balaban J connectivity index is 1.15.